The van der Waals surface area contributed by atoms with Crippen LogP contribution in [-0.4, -0.2) is 33.4 Å². The Morgan fingerprint density at radius 2 is 1.91 bits per heavy atom. The molecule has 33 heavy (non-hydrogen) atoms. The average Bonchev–Trinajstić information content (AvgIpc) is 3.11. The van der Waals surface area contributed by atoms with Gasteiger partial charge in [0.15, 0.2) is 0 Å². The summed E-state index contributed by atoms with van der Waals surface area (Å²) in [7, 11) is 0. The summed E-state index contributed by atoms with van der Waals surface area (Å²) in [5, 5.41) is 3.45. The molecule has 178 valence electrons. The van der Waals surface area contributed by atoms with Gasteiger partial charge in [-0.05, 0) is 61.2 Å². The molecule has 0 aliphatic carbocycles. The first kappa shape index (κ1) is 24.8. The van der Waals surface area contributed by atoms with Crippen molar-refractivity contribution in [2.75, 3.05) is 13.1 Å². The Kier molecular flexibility index (Phi) is 8.55. The molecular formula is C26H34F2N4O. The molecule has 0 spiro atoms. The van der Waals surface area contributed by atoms with Crippen molar-refractivity contribution in [1.29, 1.82) is 0 Å². The number of hydrogen-bond donors (Lipinski definition) is 1. The third-order valence-corrected chi connectivity index (χ3v) is 5.49. The highest BCUT2D eigenvalue weighted by atomic mass is 19.1. The fraction of sp³-hybridized carbons (Fsp3) is 0.462. The number of rotatable bonds is 11. The smallest absolute Gasteiger partial charge is 0.257 e. The van der Waals surface area contributed by atoms with Gasteiger partial charge in [-0.25, -0.2) is 13.8 Å². The van der Waals surface area contributed by atoms with Crippen LogP contribution in [0.5, 0.6) is 0 Å². The van der Waals surface area contributed by atoms with Gasteiger partial charge >= 0.3 is 0 Å². The molecule has 3 aromatic rings. The number of aryl methyl sites for hydroxylation is 1. The molecular weight excluding hydrogens is 422 g/mol. The molecule has 0 saturated carbocycles. The van der Waals surface area contributed by atoms with Gasteiger partial charge in [0.2, 0.25) is 0 Å². The molecule has 3 rings (SSSR count). The minimum Gasteiger partial charge on any atom is -0.331 e. The summed E-state index contributed by atoms with van der Waals surface area (Å²) < 4.78 is 30.1. The zero-order valence-electron chi connectivity index (χ0n) is 20.0. The number of fused-ring (bicyclic) bond motifs is 1. The molecule has 1 N–H and O–H groups in total. The molecule has 0 aliphatic heterocycles. The van der Waals surface area contributed by atoms with Gasteiger partial charge in [-0.15, -0.1) is 0 Å². The lowest BCUT2D eigenvalue weighted by molar-refractivity contribution is 0.0732. The molecule has 1 heterocycles. The lowest BCUT2D eigenvalue weighted by atomic mass is 10.1. The first-order valence-electron chi connectivity index (χ1n) is 11.8. The monoisotopic (exact) mass is 456 g/mol. The fourth-order valence-corrected chi connectivity index (χ4v) is 3.96. The van der Waals surface area contributed by atoms with Gasteiger partial charge in [0.25, 0.3) is 5.91 Å². The first-order chi connectivity index (χ1) is 15.8. The number of aromatic nitrogens is 2. The number of hydrogen-bond acceptors (Lipinski definition) is 3. The fourth-order valence-electron chi connectivity index (χ4n) is 3.96. The summed E-state index contributed by atoms with van der Waals surface area (Å²) in [5.41, 5.74) is 2.79. The predicted octanol–water partition coefficient (Wildman–Crippen LogP) is 5.52. The molecule has 2 aromatic carbocycles. The minimum atomic E-state index is -0.719. The van der Waals surface area contributed by atoms with Gasteiger partial charge in [0, 0.05) is 19.6 Å². The number of amides is 1. The van der Waals surface area contributed by atoms with E-state index in [0.29, 0.717) is 18.9 Å². The Morgan fingerprint density at radius 3 is 2.61 bits per heavy atom. The standard InChI is InChI=1S/C26H34F2N4O/c1-5-11-31(26(33)21-14-20(27)8-9-22(21)28)17-25-30-23-13-19(16-29-15-18(3)4)7-10-24(23)32(25)12-6-2/h7-10,13-14,18,29H,5-6,11-12,15-17H2,1-4H3. The van der Waals surface area contributed by atoms with E-state index in [1.54, 1.807) is 4.90 Å². The molecule has 1 aromatic heterocycles. The Labute approximate surface area is 194 Å². The molecule has 1 amide bonds. The number of halogens is 2. The summed E-state index contributed by atoms with van der Waals surface area (Å²) in [6, 6.07) is 9.23. The highest BCUT2D eigenvalue weighted by Gasteiger charge is 2.22. The Hall–Kier alpha value is -2.80. The summed E-state index contributed by atoms with van der Waals surface area (Å²) >= 11 is 0. The highest BCUT2D eigenvalue weighted by molar-refractivity contribution is 5.94. The molecule has 7 heteroatoms. The second kappa shape index (κ2) is 11.4. The van der Waals surface area contributed by atoms with Gasteiger partial charge in [0.1, 0.15) is 17.5 Å². The quantitative estimate of drug-likeness (QED) is 0.413. The van der Waals surface area contributed by atoms with Crippen molar-refractivity contribution in [3.05, 3.63) is 65.0 Å². The van der Waals surface area contributed by atoms with Crippen LogP contribution in [0.1, 0.15) is 62.3 Å². The normalized spacial score (nSPS) is 11.5. The maximum Gasteiger partial charge on any atom is 0.257 e. The van der Waals surface area contributed by atoms with Crippen LogP contribution in [0, 0.1) is 17.6 Å². The summed E-state index contributed by atoms with van der Waals surface area (Å²) in [6.07, 6.45) is 1.61. The lowest BCUT2D eigenvalue weighted by Gasteiger charge is -2.23. The van der Waals surface area contributed by atoms with Gasteiger partial charge in [-0.2, -0.15) is 0 Å². The van der Waals surface area contributed by atoms with E-state index in [9.17, 15) is 13.6 Å². The van der Waals surface area contributed by atoms with Crippen LogP contribution in [0.25, 0.3) is 11.0 Å². The van der Waals surface area contributed by atoms with Gasteiger partial charge < -0.3 is 14.8 Å². The number of carbonyl (C=O) groups is 1. The Balaban J connectivity index is 1.91. The Bertz CT molecular complexity index is 1090. The van der Waals surface area contributed by atoms with Crippen LogP contribution in [0.4, 0.5) is 8.78 Å². The second-order valence-electron chi connectivity index (χ2n) is 8.88. The van der Waals surface area contributed by atoms with Crippen molar-refractivity contribution < 1.29 is 13.6 Å². The number of nitrogens with zero attached hydrogens (tertiary/aromatic N) is 3. The molecule has 0 fully saturated rings. The van der Waals surface area contributed by atoms with E-state index < -0.39 is 17.5 Å². The topological polar surface area (TPSA) is 50.2 Å². The van der Waals surface area contributed by atoms with Crippen LogP contribution in [0.2, 0.25) is 0 Å². The molecule has 0 unspecified atom stereocenters. The summed E-state index contributed by atoms with van der Waals surface area (Å²) in [5.74, 6) is -0.550. The molecule has 0 aliphatic rings. The molecule has 0 saturated heterocycles. The number of nitrogens with one attached hydrogen (secondary N) is 1. The minimum absolute atomic E-state index is 0.234. The van der Waals surface area contributed by atoms with Crippen LogP contribution < -0.4 is 5.32 Å². The van der Waals surface area contributed by atoms with Crippen molar-refractivity contribution in [2.45, 2.75) is 60.2 Å². The maximum absolute atomic E-state index is 14.3. The third-order valence-electron chi connectivity index (χ3n) is 5.49. The predicted molar refractivity (Wildman–Crippen MR) is 128 cm³/mol. The van der Waals surface area contributed by atoms with Crippen molar-refractivity contribution in [1.82, 2.24) is 19.8 Å². The number of carbonyl (C=O) groups excluding carboxylic acids is 1. The summed E-state index contributed by atoms with van der Waals surface area (Å²) in [4.78, 5) is 19.5. The first-order valence-corrected chi connectivity index (χ1v) is 11.8. The van der Waals surface area contributed by atoms with Gasteiger partial charge in [-0.1, -0.05) is 33.8 Å². The molecule has 0 radical (unpaired) electrons. The highest BCUT2D eigenvalue weighted by Crippen LogP contribution is 2.22. The van der Waals surface area contributed by atoms with Crippen LogP contribution >= 0.6 is 0 Å². The SMILES string of the molecule is CCCN(Cc1nc2cc(CNCC(C)C)ccc2n1CCC)C(=O)c1cc(F)ccc1F. The number of benzene rings is 2. The van der Waals surface area contributed by atoms with Gasteiger partial charge in [0.05, 0.1) is 23.1 Å². The van der Waals surface area contributed by atoms with E-state index in [1.165, 1.54) is 0 Å². The van der Waals surface area contributed by atoms with Crippen molar-refractivity contribution in [2.24, 2.45) is 5.92 Å². The average molecular weight is 457 g/mol. The van der Waals surface area contributed by atoms with E-state index in [0.717, 1.165) is 66.7 Å². The van der Waals surface area contributed by atoms with E-state index in [2.05, 4.69) is 48.9 Å². The summed E-state index contributed by atoms with van der Waals surface area (Å²) in [6.45, 7) is 11.5. The van der Waals surface area contributed by atoms with E-state index in [-0.39, 0.29) is 12.1 Å². The van der Waals surface area contributed by atoms with E-state index in [4.69, 9.17) is 4.98 Å². The van der Waals surface area contributed by atoms with Crippen LogP contribution in [-0.2, 0) is 19.6 Å². The number of imidazole rings is 1. The van der Waals surface area contributed by atoms with Crippen molar-refractivity contribution in [3.8, 4) is 0 Å². The van der Waals surface area contributed by atoms with Crippen LogP contribution in [0.3, 0.4) is 0 Å². The molecule has 5 nitrogen and oxygen atoms in total. The molecule has 0 bridgehead atoms. The zero-order chi connectivity index (χ0) is 24.0. The van der Waals surface area contributed by atoms with Gasteiger partial charge in [-0.3, -0.25) is 4.79 Å². The van der Waals surface area contributed by atoms with Crippen molar-refractivity contribution in [3.63, 3.8) is 0 Å². The largest absolute Gasteiger partial charge is 0.331 e. The van der Waals surface area contributed by atoms with E-state index >= 15 is 0 Å². The molecule has 0 atom stereocenters. The van der Waals surface area contributed by atoms with Crippen molar-refractivity contribution >= 4 is 16.9 Å². The maximum atomic E-state index is 14.3. The Morgan fingerprint density at radius 1 is 1.12 bits per heavy atom. The zero-order valence-corrected chi connectivity index (χ0v) is 20.0. The second-order valence-corrected chi connectivity index (χ2v) is 8.88. The van der Waals surface area contributed by atoms with Crippen LogP contribution in [0.15, 0.2) is 36.4 Å². The van der Waals surface area contributed by atoms with E-state index in [1.807, 2.05) is 6.92 Å². The third kappa shape index (κ3) is 6.16. The lowest BCUT2D eigenvalue weighted by Crippen LogP contribution is -2.33.